The zero-order chi connectivity index (χ0) is 23.8. The zero-order valence-electron chi connectivity index (χ0n) is 19.2. The van der Waals surface area contributed by atoms with E-state index in [1.54, 1.807) is 23.2 Å². The van der Waals surface area contributed by atoms with Gasteiger partial charge in [0.15, 0.2) is 0 Å². The van der Waals surface area contributed by atoms with Crippen molar-refractivity contribution in [3.63, 3.8) is 0 Å². The molecule has 1 aliphatic rings. The van der Waals surface area contributed by atoms with Crippen LogP contribution in [0.15, 0.2) is 53.5 Å². The van der Waals surface area contributed by atoms with Crippen LogP contribution in [0, 0.1) is 0 Å². The van der Waals surface area contributed by atoms with Gasteiger partial charge in [0.2, 0.25) is 0 Å². The molecule has 2 aromatic heterocycles. The van der Waals surface area contributed by atoms with Crippen molar-refractivity contribution >= 4 is 17.3 Å². The highest BCUT2D eigenvalue weighted by Gasteiger charge is 2.24. The number of ether oxygens (including phenoxy) is 2. The minimum atomic E-state index is -0.531. The predicted octanol–water partition coefficient (Wildman–Crippen LogP) is 4.10. The van der Waals surface area contributed by atoms with Gasteiger partial charge in [0.25, 0.3) is 5.56 Å². The van der Waals surface area contributed by atoms with Crippen LogP contribution in [0.25, 0.3) is 22.5 Å². The van der Waals surface area contributed by atoms with Gasteiger partial charge in [-0.1, -0.05) is 6.08 Å². The van der Waals surface area contributed by atoms with E-state index in [0.717, 1.165) is 11.1 Å². The maximum atomic E-state index is 12.9. The maximum absolute atomic E-state index is 12.9. The van der Waals surface area contributed by atoms with Crippen LogP contribution in [0.2, 0.25) is 0 Å². The molecule has 172 valence electrons. The standard InChI is InChI=1S/C25H27N3O5/c1-25(2,3)33-24(31)27-11-9-16(10-12-27)17-5-8-22-26-20(14-23(30)28(22)15-17)19-7-6-18(29)13-21(19)32-4/h5-9,13-15,29H,10-12H2,1-4H3. The number of nitrogens with zero attached hydrogens (tertiary/aromatic N) is 3. The summed E-state index contributed by atoms with van der Waals surface area (Å²) in [5.41, 5.74) is 2.81. The number of phenolic OH excluding ortho intramolecular Hbond substituents is 1. The van der Waals surface area contributed by atoms with Crippen molar-refractivity contribution in [1.29, 1.82) is 0 Å². The van der Waals surface area contributed by atoms with E-state index in [4.69, 9.17) is 9.47 Å². The lowest BCUT2D eigenvalue weighted by Crippen LogP contribution is -2.39. The number of fused-ring (bicyclic) bond motifs is 1. The Morgan fingerprint density at radius 2 is 1.94 bits per heavy atom. The van der Waals surface area contributed by atoms with Gasteiger partial charge in [-0.2, -0.15) is 0 Å². The van der Waals surface area contributed by atoms with E-state index in [1.807, 2.05) is 32.9 Å². The van der Waals surface area contributed by atoms with Crippen molar-refractivity contribution in [3.05, 3.63) is 64.6 Å². The summed E-state index contributed by atoms with van der Waals surface area (Å²) in [5.74, 6) is 0.508. The van der Waals surface area contributed by atoms with Crippen molar-refractivity contribution in [1.82, 2.24) is 14.3 Å². The van der Waals surface area contributed by atoms with Crippen LogP contribution in [0.5, 0.6) is 11.5 Å². The Bertz CT molecular complexity index is 1300. The summed E-state index contributed by atoms with van der Waals surface area (Å²) in [6.07, 6.45) is 4.10. The molecular formula is C25H27N3O5. The topological polar surface area (TPSA) is 93.4 Å². The average Bonchev–Trinajstić information content (AvgIpc) is 2.77. The molecule has 8 heteroatoms. The van der Waals surface area contributed by atoms with Crippen LogP contribution in [0.3, 0.4) is 0 Å². The van der Waals surface area contributed by atoms with Gasteiger partial charge in [-0.25, -0.2) is 9.78 Å². The van der Waals surface area contributed by atoms with Crippen molar-refractivity contribution in [3.8, 4) is 22.8 Å². The average molecular weight is 450 g/mol. The van der Waals surface area contributed by atoms with E-state index in [2.05, 4.69) is 4.98 Å². The summed E-state index contributed by atoms with van der Waals surface area (Å²) >= 11 is 0. The lowest BCUT2D eigenvalue weighted by molar-refractivity contribution is 0.0270. The number of carbonyl (C=O) groups is 1. The van der Waals surface area contributed by atoms with Gasteiger partial charge in [0, 0.05) is 37.0 Å². The molecule has 0 aliphatic carbocycles. The third kappa shape index (κ3) is 4.84. The van der Waals surface area contributed by atoms with Gasteiger partial charge in [-0.15, -0.1) is 0 Å². The first-order valence-corrected chi connectivity index (χ1v) is 10.7. The first-order valence-electron chi connectivity index (χ1n) is 10.7. The summed E-state index contributed by atoms with van der Waals surface area (Å²) in [6, 6.07) is 9.86. The SMILES string of the molecule is COc1cc(O)ccc1-c1cc(=O)n2cc(C3=CCN(C(=O)OC(C)(C)C)CC3)ccc2n1. The molecule has 0 saturated heterocycles. The second-order valence-corrected chi connectivity index (χ2v) is 8.92. The molecule has 1 N–H and O–H groups in total. The Kier molecular flexibility index (Phi) is 5.84. The summed E-state index contributed by atoms with van der Waals surface area (Å²) in [7, 11) is 1.50. The van der Waals surface area contributed by atoms with Crippen LogP contribution in [-0.2, 0) is 4.74 Å². The third-order valence-electron chi connectivity index (χ3n) is 5.35. The molecule has 1 aromatic carbocycles. The fraction of sp³-hybridized carbons (Fsp3) is 0.320. The van der Waals surface area contributed by atoms with Crippen molar-refractivity contribution in [2.45, 2.75) is 32.8 Å². The highest BCUT2D eigenvalue weighted by molar-refractivity contribution is 5.74. The van der Waals surface area contributed by atoms with E-state index in [-0.39, 0.29) is 17.4 Å². The smallest absolute Gasteiger partial charge is 0.410 e. The molecule has 3 heterocycles. The van der Waals surface area contributed by atoms with Gasteiger partial charge >= 0.3 is 6.09 Å². The number of methoxy groups -OCH3 is 1. The number of hydrogen-bond acceptors (Lipinski definition) is 6. The molecule has 3 aromatic rings. The van der Waals surface area contributed by atoms with E-state index >= 15 is 0 Å². The Hall–Kier alpha value is -3.81. The molecule has 4 rings (SSSR count). The number of carbonyl (C=O) groups excluding carboxylic acids is 1. The second-order valence-electron chi connectivity index (χ2n) is 8.92. The van der Waals surface area contributed by atoms with Crippen molar-refractivity contribution < 1.29 is 19.4 Å². The molecule has 1 aliphatic heterocycles. The summed E-state index contributed by atoms with van der Waals surface area (Å²) < 4.78 is 12.3. The van der Waals surface area contributed by atoms with E-state index in [1.165, 1.54) is 29.7 Å². The molecule has 1 amide bonds. The van der Waals surface area contributed by atoms with Gasteiger partial charge in [-0.05, 0) is 62.6 Å². The summed E-state index contributed by atoms with van der Waals surface area (Å²) in [6.45, 7) is 6.54. The lowest BCUT2D eigenvalue weighted by atomic mass is 10.0. The van der Waals surface area contributed by atoms with Crippen LogP contribution in [0.1, 0.15) is 32.8 Å². The number of pyridine rings is 1. The number of aromatic nitrogens is 2. The number of rotatable bonds is 3. The van der Waals surface area contributed by atoms with Crippen molar-refractivity contribution in [2.75, 3.05) is 20.2 Å². The molecular weight excluding hydrogens is 422 g/mol. The number of amides is 1. The van der Waals surface area contributed by atoms with Crippen LogP contribution in [-0.4, -0.2) is 51.3 Å². The molecule has 0 bridgehead atoms. The fourth-order valence-electron chi connectivity index (χ4n) is 3.75. The quantitative estimate of drug-likeness (QED) is 0.647. The summed E-state index contributed by atoms with van der Waals surface area (Å²) in [4.78, 5) is 31.5. The van der Waals surface area contributed by atoms with Crippen LogP contribution in [0.4, 0.5) is 4.79 Å². The number of benzene rings is 1. The van der Waals surface area contributed by atoms with Gasteiger partial charge in [0.05, 0.1) is 12.8 Å². The van der Waals surface area contributed by atoms with Gasteiger partial charge in [-0.3, -0.25) is 9.20 Å². The number of aromatic hydroxyl groups is 1. The second kappa shape index (κ2) is 8.61. The Labute approximate surface area is 191 Å². The van der Waals surface area contributed by atoms with Gasteiger partial charge in [0.1, 0.15) is 22.7 Å². The monoisotopic (exact) mass is 449 g/mol. The molecule has 33 heavy (non-hydrogen) atoms. The number of hydrogen-bond donors (Lipinski definition) is 1. The van der Waals surface area contributed by atoms with Crippen molar-refractivity contribution in [2.24, 2.45) is 0 Å². The van der Waals surface area contributed by atoms with E-state index in [9.17, 15) is 14.7 Å². The minimum absolute atomic E-state index is 0.0729. The first-order chi connectivity index (χ1) is 15.6. The number of phenols is 1. The minimum Gasteiger partial charge on any atom is -0.508 e. The van der Waals surface area contributed by atoms with Crippen LogP contribution >= 0.6 is 0 Å². The highest BCUT2D eigenvalue weighted by atomic mass is 16.6. The van der Waals surface area contributed by atoms with E-state index in [0.29, 0.717) is 42.2 Å². The third-order valence-corrected chi connectivity index (χ3v) is 5.35. The molecule has 0 saturated carbocycles. The zero-order valence-corrected chi connectivity index (χ0v) is 19.2. The molecule has 8 nitrogen and oxygen atoms in total. The molecule has 0 radical (unpaired) electrons. The Morgan fingerprint density at radius 1 is 1.15 bits per heavy atom. The largest absolute Gasteiger partial charge is 0.508 e. The van der Waals surface area contributed by atoms with E-state index < -0.39 is 5.60 Å². The Morgan fingerprint density at radius 3 is 2.61 bits per heavy atom. The fourth-order valence-corrected chi connectivity index (χ4v) is 3.75. The molecule has 0 fully saturated rings. The van der Waals surface area contributed by atoms with Crippen LogP contribution < -0.4 is 10.3 Å². The first kappa shape index (κ1) is 22.4. The maximum Gasteiger partial charge on any atom is 0.410 e. The molecule has 0 unspecified atom stereocenters. The molecule has 0 atom stereocenters. The predicted molar refractivity (Wildman–Crippen MR) is 126 cm³/mol. The van der Waals surface area contributed by atoms with Gasteiger partial charge < -0.3 is 19.5 Å². The lowest BCUT2D eigenvalue weighted by Gasteiger charge is -2.29. The highest BCUT2D eigenvalue weighted by Crippen LogP contribution is 2.31. The normalized spacial score (nSPS) is 14.2. The molecule has 0 spiro atoms. The summed E-state index contributed by atoms with van der Waals surface area (Å²) in [5, 5.41) is 9.69. The Balaban J connectivity index is 1.61.